The number of aromatic amines is 2. The number of hydrogen-bond acceptors (Lipinski definition) is 18. The number of thioether (sulfide) groups is 4. The quantitative estimate of drug-likeness (QED) is 0.0546. The highest BCUT2D eigenvalue weighted by molar-refractivity contribution is 8.00. The minimum absolute atomic E-state index is 0.550. The summed E-state index contributed by atoms with van der Waals surface area (Å²) in [6.45, 7) is 46.3. The molecule has 0 saturated carbocycles. The van der Waals surface area contributed by atoms with E-state index in [1.54, 1.807) is 47.0 Å². The summed E-state index contributed by atoms with van der Waals surface area (Å²) in [4.78, 5) is 72.6. The van der Waals surface area contributed by atoms with Crippen LogP contribution >= 0.6 is 47.0 Å². The lowest BCUT2D eigenvalue weighted by Crippen LogP contribution is -2.25. The number of H-pyrrole nitrogens is 2. The standard InChI is InChI=1S/C60H82N16S4/c1-17-73(18-2)25-29-77-57-45-41(33(9)37(13)61-57)49-65-53(45)69-50-42-34(10)38(14)62-58(78-30-26-74(19-3)20-4)46(42)55(66-50)71-52-44-36(12)40(16)64-60(80-32-28-76(23-7)24-8)48(44)56(68-52)72-51-43-35(11)39(15)63-59(47(43)54(67-51)70-49)79-31-27-75(21-5)22-6/h17-32H2,1-16H3,(H2,65,66,67,68,69,70,71,72). The van der Waals surface area contributed by atoms with Crippen molar-refractivity contribution < 1.29 is 0 Å². The summed E-state index contributed by atoms with van der Waals surface area (Å²) in [6.07, 6.45) is 0. The van der Waals surface area contributed by atoms with Gasteiger partial charge in [-0.1, -0.05) is 55.4 Å². The van der Waals surface area contributed by atoms with Gasteiger partial charge in [-0.05, 0) is 130 Å². The van der Waals surface area contributed by atoms with Crippen LogP contribution in [-0.2, 0) is 0 Å². The molecule has 0 unspecified atom stereocenters. The Balaban J connectivity index is 1.45. The van der Waals surface area contributed by atoms with Gasteiger partial charge < -0.3 is 29.6 Å². The average molecular weight is 1160 g/mol. The van der Waals surface area contributed by atoms with Gasteiger partial charge in [0.2, 0.25) is 0 Å². The molecule has 9 heterocycles. The number of fused-ring (bicyclic) bond motifs is 20. The molecule has 0 amide bonds. The third-order valence-electron chi connectivity index (χ3n) is 16.4. The highest BCUT2D eigenvalue weighted by atomic mass is 32.2. The molecule has 0 radical (unpaired) electrons. The second-order valence-electron chi connectivity index (χ2n) is 20.6. The van der Waals surface area contributed by atoms with Gasteiger partial charge in [0.15, 0.2) is 23.3 Å². The van der Waals surface area contributed by atoms with Crippen LogP contribution in [0.3, 0.4) is 0 Å². The van der Waals surface area contributed by atoms with Crippen molar-refractivity contribution in [3.8, 4) is 45.6 Å². The molecular weight excluding hydrogens is 1070 g/mol. The van der Waals surface area contributed by atoms with E-state index in [9.17, 15) is 0 Å². The van der Waals surface area contributed by atoms with E-state index in [2.05, 4.69) is 140 Å². The van der Waals surface area contributed by atoms with Gasteiger partial charge in [-0.25, -0.2) is 49.8 Å². The van der Waals surface area contributed by atoms with Crippen molar-refractivity contribution in [2.24, 2.45) is 0 Å². The van der Waals surface area contributed by atoms with Crippen molar-refractivity contribution in [2.75, 3.05) is 102 Å². The van der Waals surface area contributed by atoms with Gasteiger partial charge in [-0.2, -0.15) is 0 Å². The summed E-state index contributed by atoms with van der Waals surface area (Å²) in [5.74, 6) is 5.66. The molecule has 2 aliphatic rings. The molecule has 16 nitrogen and oxygen atoms in total. The van der Waals surface area contributed by atoms with E-state index in [-0.39, 0.29) is 0 Å². The Morgan fingerprint density at radius 3 is 0.838 bits per heavy atom. The molecule has 0 spiro atoms. The van der Waals surface area contributed by atoms with Crippen LogP contribution in [-0.4, -0.2) is 181 Å². The third-order valence-corrected chi connectivity index (χ3v) is 20.2. The summed E-state index contributed by atoms with van der Waals surface area (Å²) >= 11 is 7.06. The Labute approximate surface area is 490 Å². The van der Waals surface area contributed by atoms with E-state index in [0.717, 1.165) is 210 Å². The molecule has 426 valence electrons. The fourth-order valence-corrected chi connectivity index (χ4v) is 15.1. The summed E-state index contributed by atoms with van der Waals surface area (Å²) in [5.41, 5.74) is 14.0. The number of nitrogens with one attached hydrogen (secondary N) is 2. The molecule has 20 heteroatoms. The zero-order valence-electron chi connectivity index (χ0n) is 50.2. The van der Waals surface area contributed by atoms with Crippen molar-refractivity contribution in [3.63, 3.8) is 0 Å². The van der Waals surface area contributed by atoms with Gasteiger partial charge in [-0.15, -0.1) is 47.0 Å². The van der Waals surface area contributed by atoms with Gasteiger partial charge in [0, 0.05) is 93.9 Å². The Bertz CT molecular complexity index is 3360. The Kier molecular flexibility index (Phi) is 19.6. The first kappa shape index (κ1) is 59.8. The van der Waals surface area contributed by atoms with E-state index < -0.39 is 0 Å². The van der Waals surface area contributed by atoms with Crippen LogP contribution in [0, 0.1) is 55.4 Å². The molecule has 0 saturated heterocycles. The predicted octanol–water partition coefficient (Wildman–Crippen LogP) is 12.7. The molecule has 0 atom stereocenters. The summed E-state index contributed by atoms with van der Waals surface area (Å²) in [7, 11) is 0. The van der Waals surface area contributed by atoms with Crippen molar-refractivity contribution in [1.82, 2.24) is 79.4 Å². The highest BCUT2D eigenvalue weighted by Crippen LogP contribution is 2.46. The van der Waals surface area contributed by atoms with Crippen molar-refractivity contribution in [2.45, 2.75) is 131 Å². The van der Waals surface area contributed by atoms with Crippen molar-refractivity contribution in [1.29, 1.82) is 0 Å². The fraction of sp³-hybridized carbons (Fsp3) is 0.533. The number of aromatic nitrogens is 12. The zero-order chi connectivity index (χ0) is 57.1. The van der Waals surface area contributed by atoms with Crippen LogP contribution in [0.25, 0.3) is 89.7 Å². The van der Waals surface area contributed by atoms with E-state index in [0.29, 0.717) is 45.9 Å². The molecule has 80 heavy (non-hydrogen) atoms. The van der Waals surface area contributed by atoms with E-state index in [4.69, 9.17) is 49.8 Å². The maximum atomic E-state index is 5.68. The maximum Gasteiger partial charge on any atom is 0.167 e. The second kappa shape index (κ2) is 26.2. The van der Waals surface area contributed by atoms with Gasteiger partial charge in [0.05, 0.1) is 21.9 Å². The van der Waals surface area contributed by atoms with E-state index in [1.807, 2.05) is 0 Å². The number of nitrogens with zero attached hydrogens (tertiary/aromatic N) is 14. The van der Waals surface area contributed by atoms with Crippen LogP contribution in [0.2, 0.25) is 0 Å². The van der Waals surface area contributed by atoms with E-state index in [1.165, 1.54) is 0 Å². The van der Waals surface area contributed by atoms with Crippen LogP contribution < -0.4 is 0 Å². The normalized spacial score (nSPS) is 12.4. The van der Waals surface area contributed by atoms with Gasteiger partial charge in [-0.3, -0.25) is 0 Å². The maximum absolute atomic E-state index is 5.68. The molecule has 0 aromatic carbocycles. The topological polar surface area (TPSA) is 173 Å². The zero-order valence-corrected chi connectivity index (χ0v) is 53.5. The Morgan fingerprint density at radius 1 is 0.287 bits per heavy atom. The smallest absolute Gasteiger partial charge is 0.167 e. The second-order valence-corrected chi connectivity index (χ2v) is 25.0. The summed E-state index contributed by atoms with van der Waals surface area (Å²) in [5, 5.41) is 7.33. The minimum atomic E-state index is 0.550. The largest absolute Gasteiger partial charge is 0.324 e. The van der Waals surface area contributed by atoms with Gasteiger partial charge >= 0.3 is 0 Å². The van der Waals surface area contributed by atoms with Crippen LogP contribution in [0.1, 0.15) is 100 Å². The number of aryl methyl sites for hydroxylation is 6. The molecule has 0 fully saturated rings. The number of rotatable bonds is 24. The molecule has 7 aromatic heterocycles. The lowest BCUT2D eigenvalue weighted by atomic mass is 10.0. The van der Waals surface area contributed by atoms with Crippen LogP contribution in [0.5, 0.6) is 0 Å². The van der Waals surface area contributed by atoms with Crippen LogP contribution in [0.4, 0.5) is 0 Å². The average Bonchev–Trinajstić information content (AvgIpc) is 4.22. The van der Waals surface area contributed by atoms with Crippen molar-refractivity contribution in [3.05, 3.63) is 45.0 Å². The third kappa shape index (κ3) is 11.9. The van der Waals surface area contributed by atoms with Crippen molar-refractivity contribution >= 4 is 91.2 Å². The molecule has 8 bridgehead atoms. The van der Waals surface area contributed by atoms with Gasteiger partial charge in [0.25, 0.3) is 0 Å². The number of pyridine rings is 4. The molecule has 2 aliphatic heterocycles. The number of hydrogen-bond donors (Lipinski definition) is 2. The van der Waals surface area contributed by atoms with E-state index >= 15 is 0 Å². The fourth-order valence-electron chi connectivity index (χ4n) is 10.7. The van der Waals surface area contributed by atoms with Gasteiger partial charge in [0.1, 0.15) is 42.7 Å². The monoisotopic (exact) mass is 1150 g/mol. The minimum Gasteiger partial charge on any atom is -0.324 e. The SMILES string of the molecule is CCN(CC)CCSc1nc(C)c(C)c2c1-c1nc-2nc2[nH]c(nc3nc(nc4[nH]c(n1)c1c(C)c(C)nc(SCCN(CC)CC)c41)-c1c(C)c(C)nc(SCCN(CC)CC)c1-3)c1c(C)c(C)nc(SCCN(CC)CC)c21. The van der Waals surface area contributed by atoms with Crippen LogP contribution in [0.15, 0.2) is 20.1 Å². The Hall–Kier alpha value is -4.80. The highest BCUT2D eigenvalue weighted by Gasteiger charge is 2.32. The molecule has 7 aromatic rings. The first-order valence-corrected chi connectivity index (χ1v) is 32.8. The molecule has 2 N–H and O–H groups in total. The molecular formula is C60H82N16S4. The summed E-state index contributed by atoms with van der Waals surface area (Å²) < 4.78 is 0. The molecule has 9 rings (SSSR count). The lowest BCUT2D eigenvalue weighted by Gasteiger charge is -2.18. The Morgan fingerprint density at radius 2 is 0.537 bits per heavy atom. The first-order valence-electron chi connectivity index (χ1n) is 28.9. The lowest BCUT2D eigenvalue weighted by molar-refractivity contribution is 0.324. The molecule has 0 aliphatic carbocycles. The first-order chi connectivity index (χ1) is 38.6. The predicted molar refractivity (Wildman–Crippen MR) is 339 cm³/mol. The summed E-state index contributed by atoms with van der Waals surface area (Å²) in [6, 6.07) is 0.